The van der Waals surface area contributed by atoms with E-state index in [0.717, 1.165) is 29.7 Å². The molecule has 4 nitrogen and oxygen atoms in total. The van der Waals surface area contributed by atoms with Crippen molar-refractivity contribution in [2.75, 3.05) is 25.6 Å². The molecule has 0 aliphatic heterocycles. The third-order valence-electron chi connectivity index (χ3n) is 3.61. The quantitative estimate of drug-likeness (QED) is 0.806. The van der Waals surface area contributed by atoms with Crippen molar-refractivity contribution in [3.8, 4) is 0 Å². The molecule has 0 saturated heterocycles. The van der Waals surface area contributed by atoms with Gasteiger partial charge in [0.1, 0.15) is 0 Å². The lowest BCUT2D eigenvalue weighted by Crippen LogP contribution is -2.17. The van der Waals surface area contributed by atoms with Crippen LogP contribution in [0.3, 0.4) is 0 Å². The molecule has 19 heavy (non-hydrogen) atoms. The summed E-state index contributed by atoms with van der Waals surface area (Å²) >= 11 is 3.34. The maximum absolute atomic E-state index is 11.0. The highest BCUT2D eigenvalue weighted by molar-refractivity contribution is 9.10. The highest BCUT2D eigenvalue weighted by atomic mass is 79.9. The summed E-state index contributed by atoms with van der Waals surface area (Å²) in [7, 11) is 1.72. The van der Waals surface area contributed by atoms with Gasteiger partial charge in [-0.2, -0.15) is 0 Å². The fourth-order valence-corrected chi connectivity index (χ4v) is 2.61. The molecule has 1 aromatic rings. The number of nitrogens with one attached hydrogen (secondary N) is 1. The van der Waals surface area contributed by atoms with Gasteiger partial charge in [0.15, 0.2) is 0 Å². The molecule has 2 N–H and O–H groups in total. The highest BCUT2D eigenvalue weighted by Crippen LogP contribution is 2.48. The lowest BCUT2D eigenvalue weighted by Gasteiger charge is -2.16. The largest absolute Gasteiger partial charge is 0.478 e. The van der Waals surface area contributed by atoms with Gasteiger partial charge in [0.25, 0.3) is 0 Å². The summed E-state index contributed by atoms with van der Waals surface area (Å²) in [5.41, 5.74) is 1.47. The SMILES string of the molecule is COCCC1(CNc2cc(Br)cc(C(=O)O)c2)CC1. The fourth-order valence-electron chi connectivity index (χ4n) is 2.12. The summed E-state index contributed by atoms with van der Waals surface area (Å²) in [6.45, 7) is 1.65. The predicted octanol–water partition coefficient (Wildman–Crippen LogP) is 3.38. The molecule has 0 heterocycles. The van der Waals surface area contributed by atoms with Crippen molar-refractivity contribution in [3.63, 3.8) is 0 Å². The van der Waals surface area contributed by atoms with E-state index in [1.54, 1.807) is 19.2 Å². The number of rotatable bonds is 7. The Balaban J connectivity index is 1.98. The van der Waals surface area contributed by atoms with Crippen molar-refractivity contribution >= 4 is 27.6 Å². The van der Waals surface area contributed by atoms with E-state index in [0.29, 0.717) is 11.0 Å². The van der Waals surface area contributed by atoms with E-state index in [9.17, 15) is 4.79 Å². The van der Waals surface area contributed by atoms with Crippen LogP contribution in [0.15, 0.2) is 22.7 Å². The molecule has 0 amide bonds. The molecule has 1 fully saturated rings. The Morgan fingerprint density at radius 2 is 2.21 bits per heavy atom. The highest BCUT2D eigenvalue weighted by Gasteiger charge is 2.41. The molecule has 0 aromatic heterocycles. The Morgan fingerprint density at radius 3 is 2.79 bits per heavy atom. The predicted molar refractivity (Wildman–Crippen MR) is 77.8 cm³/mol. The fraction of sp³-hybridized carbons (Fsp3) is 0.500. The summed E-state index contributed by atoms with van der Waals surface area (Å²) in [5, 5.41) is 12.4. The first-order valence-electron chi connectivity index (χ1n) is 6.31. The molecule has 5 heteroatoms. The van der Waals surface area contributed by atoms with E-state index in [1.165, 1.54) is 12.8 Å². The van der Waals surface area contributed by atoms with Crippen LogP contribution < -0.4 is 5.32 Å². The van der Waals surface area contributed by atoms with Crippen molar-refractivity contribution in [2.24, 2.45) is 5.41 Å². The standard InChI is InChI=1S/C14H18BrNO3/c1-19-5-4-14(2-3-14)9-16-12-7-10(13(17)18)6-11(15)8-12/h6-8,16H,2-5,9H2,1H3,(H,17,18). The molecule has 1 aliphatic carbocycles. The maximum Gasteiger partial charge on any atom is 0.335 e. The van der Waals surface area contributed by atoms with Gasteiger partial charge in [-0.3, -0.25) is 0 Å². The van der Waals surface area contributed by atoms with Crippen LogP contribution in [0.1, 0.15) is 29.6 Å². The molecule has 0 radical (unpaired) electrons. The van der Waals surface area contributed by atoms with Crippen LogP contribution in [-0.4, -0.2) is 31.3 Å². The summed E-state index contributed by atoms with van der Waals surface area (Å²) in [6.07, 6.45) is 3.47. The first-order valence-corrected chi connectivity index (χ1v) is 7.11. The monoisotopic (exact) mass is 327 g/mol. The molecule has 1 aliphatic rings. The molecule has 1 aromatic carbocycles. The van der Waals surface area contributed by atoms with E-state index in [-0.39, 0.29) is 0 Å². The number of ether oxygens (including phenoxy) is 1. The smallest absolute Gasteiger partial charge is 0.335 e. The Hall–Kier alpha value is -1.07. The van der Waals surface area contributed by atoms with Gasteiger partial charge in [-0.05, 0) is 42.9 Å². The average molecular weight is 328 g/mol. The zero-order valence-corrected chi connectivity index (χ0v) is 12.5. The maximum atomic E-state index is 11.0. The Morgan fingerprint density at radius 1 is 1.47 bits per heavy atom. The molecule has 104 valence electrons. The molecule has 1 saturated carbocycles. The van der Waals surface area contributed by atoms with Crippen molar-refractivity contribution in [2.45, 2.75) is 19.3 Å². The van der Waals surface area contributed by atoms with Crippen molar-refractivity contribution in [1.82, 2.24) is 0 Å². The van der Waals surface area contributed by atoms with Crippen molar-refractivity contribution < 1.29 is 14.6 Å². The zero-order chi connectivity index (χ0) is 13.9. The van der Waals surface area contributed by atoms with E-state index < -0.39 is 5.97 Å². The Kier molecular flexibility index (Phi) is 4.47. The van der Waals surface area contributed by atoms with Gasteiger partial charge in [0, 0.05) is 30.4 Å². The minimum atomic E-state index is -0.912. The van der Waals surface area contributed by atoms with Gasteiger partial charge in [-0.1, -0.05) is 15.9 Å². The third kappa shape index (κ3) is 3.94. The van der Waals surface area contributed by atoms with E-state index >= 15 is 0 Å². The van der Waals surface area contributed by atoms with Gasteiger partial charge < -0.3 is 15.2 Å². The van der Waals surface area contributed by atoms with Crippen LogP contribution in [0.4, 0.5) is 5.69 Å². The number of carboxylic acids is 1. The van der Waals surface area contributed by atoms with Crippen LogP contribution >= 0.6 is 15.9 Å². The molecule has 0 bridgehead atoms. The number of carboxylic acid groups (broad SMARTS) is 1. The topological polar surface area (TPSA) is 58.6 Å². The van der Waals surface area contributed by atoms with E-state index in [4.69, 9.17) is 9.84 Å². The van der Waals surface area contributed by atoms with E-state index in [1.807, 2.05) is 6.07 Å². The summed E-state index contributed by atoms with van der Waals surface area (Å²) in [4.78, 5) is 11.0. The van der Waals surface area contributed by atoms with Crippen molar-refractivity contribution in [3.05, 3.63) is 28.2 Å². The van der Waals surface area contributed by atoms with Crippen LogP contribution in [0.2, 0.25) is 0 Å². The number of halogens is 1. The van der Waals surface area contributed by atoms with Gasteiger partial charge >= 0.3 is 5.97 Å². The molecule has 0 atom stereocenters. The minimum absolute atomic E-state index is 0.290. The minimum Gasteiger partial charge on any atom is -0.478 e. The lowest BCUT2D eigenvalue weighted by atomic mass is 10.0. The summed E-state index contributed by atoms with van der Waals surface area (Å²) < 4.78 is 5.90. The summed E-state index contributed by atoms with van der Waals surface area (Å²) in [6, 6.07) is 5.17. The lowest BCUT2D eigenvalue weighted by molar-refractivity contribution is 0.0697. The normalized spacial score (nSPS) is 16.1. The number of hydrogen-bond donors (Lipinski definition) is 2. The second kappa shape index (κ2) is 5.92. The second-order valence-corrected chi connectivity index (χ2v) is 6.05. The van der Waals surface area contributed by atoms with E-state index in [2.05, 4.69) is 21.2 Å². The number of methoxy groups -OCH3 is 1. The van der Waals surface area contributed by atoms with Crippen molar-refractivity contribution in [1.29, 1.82) is 0 Å². The second-order valence-electron chi connectivity index (χ2n) is 5.13. The van der Waals surface area contributed by atoms with Crippen LogP contribution in [-0.2, 0) is 4.74 Å². The number of hydrogen-bond acceptors (Lipinski definition) is 3. The van der Waals surface area contributed by atoms with Gasteiger partial charge in [-0.25, -0.2) is 4.79 Å². The molecule has 0 spiro atoms. The van der Waals surface area contributed by atoms with Gasteiger partial charge in [0.05, 0.1) is 5.56 Å². The average Bonchev–Trinajstić information content (AvgIpc) is 3.14. The Labute approximate surface area is 121 Å². The molecule has 2 rings (SSSR count). The number of aromatic carboxylic acids is 1. The molecular weight excluding hydrogens is 310 g/mol. The van der Waals surface area contributed by atoms with Gasteiger partial charge in [0.2, 0.25) is 0 Å². The molecule has 0 unspecified atom stereocenters. The first kappa shape index (κ1) is 14.3. The molecular formula is C14H18BrNO3. The summed E-state index contributed by atoms with van der Waals surface area (Å²) in [5.74, 6) is -0.912. The van der Waals surface area contributed by atoms with Gasteiger partial charge in [-0.15, -0.1) is 0 Å². The number of anilines is 1. The number of carbonyl (C=O) groups is 1. The Bertz CT molecular complexity index is 472. The third-order valence-corrected chi connectivity index (χ3v) is 4.06. The zero-order valence-electron chi connectivity index (χ0n) is 10.9. The first-order chi connectivity index (χ1) is 9.04. The van der Waals surface area contributed by atoms with Crippen LogP contribution in [0, 0.1) is 5.41 Å². The van der Waals surface area contributed by atoms with Crippen LogP contribution in [0.25, 0.3) is 0 Å². The van der Waals surface area contributed by atoms with Crippen LogP contribution in [0.5, 0.6) is 0 Å². The number of benzene rings is 1.